The Morgan fingerprint density at radius 2 is 1.87 bits per heavy atom. The fourth-order valence-corrected chi connectivity index (χ4v) is 2.22. The van der Waals surface area contributed by atoms with E-state index in [1.54, 1.807) is 0 Å². The molecular weight excluding hydrogens is 315 g/mol. The summed E-state index contributed by atoms with van der Waals surface area (Å²) >= 11 is 1.83. The summed E-state index contributed by atoms with van der Waals surface area (Å²) in [6, 6.07) is 2.45. The van der Waals surface area contributed by atoms with Gasteiger partial charge in [-0.05, 0) is 41.1 Å². The predicted molar refractivity (Wildman–Crippen MR) is 60.7 cm³/mol. The molecule has 1 saturated heterocycles. The van der Waals surface area contributed by atoms with E-state index in [9.17, 15) is 13.6 Å². The molecular formula is C10H8F2INO. The predicted octanol–water partition coefficient (Wildman–Crippen LogP) is 2.70. The molecule has 1 aliphatic rings. The molecule has 2 rings (SSSR count). The Morgan fingerprint density at radius 3 is 2.33 bits per heavy atom. The fraction of sp³-hybridized carbons (Fsp3) is 0.300. The van der Waals surface area contributed by atoms with Gasteiger partial charge in [0.25, 0.3) is 0 Å². The standard InChI is InChI=1S/C10H8F2INO/c11-7-4-6(13)5-8(12)10(7)14-3-1-2-9(14)15/h4-5H,1-3H2. The summed E-state index contributed by atoms with van der Waals surface area (Å²) in [6.07, 6.45) is 1.02. The Hall–Kier alpha value is -0.720. The number of hydrogen-bond acceptors (Lipinski definition) is 1. The van der Waals surface area contributed by atoms with Crippen molar-refractivity contribution in [3.8, 4) is 0 Å². The fourth-order valence-electron chi connectivity index (χ4n) is 1.68. The molecule has 1 fully saturated rings. The Labute approximate surface area is 99.4 Å². The van der Waals surface area contributed by atoms with Crippen LogP contribution in [0.3, 0.4) is 0 Å². The van der Waals surface area contributed by atoms with Gasteiger partial charge >= 0.3 is 0 Å². The van der Waals surface area contributed by atoms with Gasteiger partial charge in [-0.25, -0.2) is 8.78 Å². The number of benzene rings is 1. The maximum atomic E-state index is 13.5. The van der Waals surface area contributed by atoms with E-state index in [0.29, 0.717) is 23.0 Å². The van der Waals surface area contributed by atoms with Crippen LogP contribution in [0.2, 0.25) is 0 Å². The lowest BCUT2D eigenvalue weighted by atomic mass is 10.2. The third-order valence-corrected chi connectivity index (χ3v) is 2.95. The van der Waals surface area contributed by atoms with Crippen LogP contribution in [0.25, 0.3) is 0 Å². The van der Waals surface area contributed by atoms with Gasteiger partial charge in [-0.2, -0.15) is 0 Å². The third kappa shape index (κ3) is 1.97. The van der Waals surface area contributed by atoms with Crippen LogP contribution in [0.5, 0.6) is 0 Å². The maximum Gasteiger partial charge on any atom is 0.227 e. The van der Waals surface area contributed by atoms with Crippen molar-refractivity contribution in [2.75, 3.05) is 11.4 Å². The van der Waals surface area contributed by atoms with E-state index in [0.717, 1.165) is 0 Å². The lowest BCUT2D eigenvalue weighted by molar-refractivity contribution is -0.117. The van der Waals surface area contributed by atoms with Gasteiger partial charge in [0.2, 0.25) is 5.91 Å². The Kier molecular flexibility index (Phi) is 2.90. The monoisotopic (exact) mass is 323 g/mol. The summed E-state index contributed by atoms with van der Waals surface area (Å²) in [6.45, 7) is 0.396. The summed E-state index contributed by atoms with van der Waals surface area (Å²) in [4.78, 5) is 12.5. The first-order valence-electron chi connectivity index (χ1n) is 4.54. The van der Waals surface area contributed by atoms with E-state index in [4.69, 9.17) is 0 Å². The minimum atomic E-state index is -0.672. The molecule has 0 spiro atoms. The minimum Gasteiger partial charge on any atom is -0.307 e. The average Bonchev–Trinajstić information content (AvgIpc) is 2.50. The number of carbonyl (C=O) groups is 1. The quantitative estimate of drug-likeness (QED) is 0.728. The topological polar surface area (TPSA) is 20.3 Å². The van der Waals surface area contributed by atoms with Crippen LogP contribution < -0.4 is 4.90 Å². The summed E-state index contributed by atoms with van der Waals surface area (Å²) in [7, 11) is 0. The Balaban J connectivity index is 2.47. The smallest absolute Gasteiger partial charge is 0.227 e. The van der Waals surface area contributed by atoms with Gasteiger partial charge in [0.05, 0.1) is 0 Å². The highest BCUT2D eigenvalue weighted by molar-refractivity contribution is 14.1. The molecule has 0 unspecified atom stereocenters. The van der Waals surface area contributed by atoms with Crippen LogP contribution in [0.15, 0.2) is 12.1 Å². The zero-order valence-corrected chi connectivity index (χ0v) is 9.92. The lowest BCUT2D eigenvalue weighted by Crippen LogP contribution is -2.26. The van der Waals surface area contributed by atoms with E-state index < -0.39 is 11.6 Å². The Bertz CT molecular complexity index is 399. The molecule has 0 atom stereocenters. The van der Waals surface area contributed by atoms with Crippen LogP contribution in [-0.4, -0.2) is 12.5 Å². The van der Waals surface area contributed by atoms with Gasteiger partial charge < -0.3 is 4.90 Å². The normalized spacial score (nSPS) is 16.2. The van der Waals surface area contributed by atoms with E-state index in [-0.39, 0.29) is 11.6 Å². The number of rotatable bonds is 1. The van der Waals surface area contributed by atoms with Crippen molar-refractivity contribution >= 4 is 34.2 Å². The van der Waals surface area contributed by atoms with Gasteiger partial charge in [0, 0.05) is 16.5 Å². The highest BCUT2D eigenvalue weighted by Gasteiger charge is 2.27. The first-order valence-corrected chi connectivity index (χ1v) is 5.62. The molecule has 1 amide bonds. The maximum absolute atomic E-state index is 13.5. The first-order chi connectivity index (χ1) is 7.09. The molecule has 0 aliphatic carbocycles. The van der Waals surface area contributed by atoms with Crippen LogP contribution >= 0.6 is 22.6 Å². The average molecular weight is 323 g/mol. The van der Waals surface area contributed by atoms with Crippen molar-refractivity contribution in [3.63, 3.8) is 0 Å². The molecule has 0 N–H and O–H groups in total. The third-order valence-electron chi connectivity index (χ3n) is 2.32. The zero-order chi connectivity index (χ0) is 11.0. The van der Waals surface area contributed by atoms with Gasteiger partial charge in [-0.15, -0.1) is 0 Å². The Morgan fingerprint density at radius 1 is 1.27 bits per heavy atom. The zero-order valence-electron chi connectivity index (χ0n) is 7.77. The van der Waals surface area contributed by atoms with Gasteiger partial charge in [-0.3, -0.25) is 4.79 Å². The van der Waals surface area contributed by atoms with E-state index >= 15 is 0 Å². The van der Waals surface area contributed by atoms with E-state index in [1.165, 1.54) is 17.0 Å². The minimum absolute atomic E-state index is 0.210. The van der Waals surface area contributed by atoms with E-state index in [1.807, 2.05) is 22.6 Å². The van der Waals surface area contributed by atoms with Crippen LogP contribution in [0, 0.1) is 15.2 Å². The molecule has 1 aromatic carbocycles. The second-order valence-corrected chi connectivity index (χ2v) is 4.61. The number of amides is 1. The number of anilines is 1. The summed E-state index contributed by atoms with van der Waals surface area (Å²) in [5.74, 6) is -1.56. The SMILES string of the molecule is O=C1CCCN1c1c(F)cc(I)cc1F. The molecule has 1 aromatic rings. The number of nitrogens with zero attached hydrogens (tertiary/aromatic N) is 1. The van der Waals surface area contributed by atoms with Crippen molar-refractivity contribution < 1.29 is 13.6 Å². The number of halogens is 3. The molecule has 80 valence electrons. The summed E-state index contributed by atoms with van der Waals surface area (Å²) in [5.41, 5.74) is -0.210. The molecule has 0 radical (unpaired) electrons. The van der Waals surface area contributed by atoms with Crippen LogP contribution in [-0.2, 0) is 4.79 Å². The van der Waals surface area contributed by atoms with Crippen molar-refractivity contribution in [1.29, 1.82) is 0 Å². The highest BCUT2D eigenvalue weighted by atomic mass is 127. The molecule has 0 saturated carbocycles. The molecule has 1 heterocycles. The summed E-state index contributed by atoms with van der Waals surface area (Å²) in [5, 5.41) is 0. The molecule has 2 nitrogen and oxygen atoms in total. The van der Waals surface area contributed by atoms with Crippen molar-refractivity contribution in [1.82, 2.24) is 0 Å². The molecule has 0 bridgehead atoms. The second kappa shape index (κ2) is 4.03. The molecule has 15 heavy (non-hydrogen) atoms. The van der Waals surface area contributed by atoms with Crippen LogP contribution in [0.4, 0.5) is 14.5 Å². The second-order valence-electron chi connectivity index (χ2n) is 3.37. The first kappa shape index (κ1) is 10.8. The molecule has 0 aromatic heterocycles. The summed E-state index contributed by atoms with van der Waals surface area (Å²) < 4.78 is 27.5. The van der Waals surface area contributed by atoms with Crippen molar-refractivity contribution in [2.24, 2.45) is 0 Å². The van der Waals surface area contributed by atoms with Gasteiger partial charge in [-0.1, -0.05) is 0 Å². The van der Waals surface area contributed by atoms with Gasteiger partial charge in [0.1, 0.15) is 5.69 Å². The lowest BCUT2D eigenvalue weighted by Gasteiger charge is -2.17. The van der Waals surface area contributed by atoms with Crippen molar-refractivity contribution in [2.45, 2.75) is 12.8 Å². The van der Waals surface area contributed by atoms with E-state index in [2.05, 4.69) is 0 Å². The van der Waals surface area contributed by atoms with Crippen LogP contribution in [0.1, 0.15) is 12.8 Å². The number of hydrogen-bond donors (Lipinski definition) is 0. The largest absolute Gasteiger partial charge is 0.307 e. The molecule has 5 heteroatoms. The van der Waals surface area contributed by atoms with Crippen molar-refractivity contribution in [3.05, 3.63) is 27.3 Å². The highest BCUT2D eigenvalue weighted by Crippen LogP contribution is 2.28. The molecule has 1 aliphatic heterocycles. The number of carbonyl (C=O) groups excluding carboxylic acids is 1. The van der Waals surface area contributed by atoms with Gasteiger partial charge in [0.15, 0.2) is 11.6 Å².